The van der Waals surface area contributed by atoms with E-state index in [1.54, 1.807) is 4.68 Å². The van der Waals surface area contributed by atoms with Crippen LogP contribution in [0.2, 0.25) is 0 Å². The molecule has 0 saturated heterocycles. The third kappa shape index (κ3) is 3.16. The van der Waals surface area contributed by atoms with Gasteiger partial charge < -0.3 is 4.55 Å². The predicted octanol–water partition coefficient (Wildman–Crippen LogP) is 2.84. The van der Waals surface area contributed by atoms with Crippen LogP contribution >= 0.6 is 0 Å². The first-order chi connectivity index (χ1) is 8.77. The van der Waals surface area contributed by atoms with Crippen molar-refractivity contribution in [3.8, 4) is 0 Å². The van der Waals surface area contributed by atoms with E-state index in [1.165, 1.54) is 0 Å². The zero-order valence-corrected chi connectivity index (χ0v) is 12.8. The minimum absolute atomic E-state index is 0.334. The molecule has 5 heteroatoms. The van der Waals surface area contributed by atoms with Crippen molar-refractivity contribution in [2.24, 2.45) is 11.4 Å². The van der Waals surface area contributed by atoms with Crippen LogP contribution in [0.15, 0.2) is 28.8 Å². The van der Waals surface area contributed by atoms with Gasteiger partial charge in [0.15, 0.2) is 0 Å². The Hall–Kier alpha value is -1.33. The van der Waals surface area contributed by atoms with Gasteiger partial charge in [0.2, 0.25) is 0 Å². The summed E-state index contributed by atoms with van der Waals surface area (Å²) < 4.78 is 17.8. The van der Waals surface area contributed by atoms with E-state index >= 15 is 0 Å². The molecule has 0 aliphatic heterocycles. The van der Waals surface area contributed by atoms with Crippen molar-refractivity contribution in [3.05, 3.63) is 30.0 Å². The summed E-state index contributed by atoms with van der Waals surface area (Å²) in [5.74, 6) is 0. The summed E-state index contributed by atoms with van der Waals surface area (Å²) in [5, 5.41) is 5.40. The molecule has 0 bridgehead atoms. The van der Waals surface area contributed by atoms with Gasteiger partial charge in [-0.3, -0.25) is 4.68 Å². The number of benzene rings is 1. The first-order valence-electron chi connectivity index (χ1n) is 6.18. The molecule has 0 radical (unpaired) electrons. The molecule has 2 aromatic rings. The number of aryl methyl sites for hydroxylation is 1. The Kier molecular flexibility index (Phi) is 3.69. The molecule has 0 spiro atoms. The van der Waals surface area contributed by atoms with Crippen LogP contribution in [0.25, 0.3) is 10.9 Å². The molecule has 1 heterocycles. The molecule has 1 aromatic heterocycles. The largest absolute Gasteiger partial charge is 0.591 e. The standard InChI is InChI=1S/C14H19N3OS/c1-10(16-19(18)14(2,3)4)11-6-7-13-12(8-11)9-17(5)15-13/h6-9H,1-5H3/b16-10+/t19-/m0/s1. The lowest BCUT2D eigenvalue weighted by Gasteiger charge is -2.18. The Morgan fingerprint density at radius 3 is 2.68 bits per heavy atom. The van der Waals surface area contributed by atoms with Gasteiger partial charge in [-0.15, -0.1) is 0 Å². The van der Waals surface area contributed by atoms with E-state index in [2.05, 4.69) is 9.50 Å². The fourth-order valence-corrected chi connectivity index (χ4v) is 2.32. The van der Waals surface area contributed by atoms with E-state index < -0.39 is 11.4 Å². The molecule has 2 rings (SSSR count). The second-order valence-electron chi connectivity index (χ2n) is 5.61. The molecule has 0 saturated carbocycles. The first-order valence-corrected chi connectivity index (χ1v) is 7.29. The number of rotatable bonds is 2. The highest BCUT2D eigenvalue weighted by atomic mass is 32.2. The molecule has 4 nitrogen and oxygen atoms in total. The Labute approximate surface area is 116 Å². The van der Waals surface area contributed by atoms with Gasteiger partial charge >= 0.3 is 0 Å². The Bertz CT molecular complexity index is 625. The highest BCUT2D eigenvalue weighted by Crippen LogP contribution is 2.20. The molecule has 0 amide bonds. The molecular weight excluding hydrogens is 258 g/mol. The molecule has 102 valence electrons. The Balaban J connectivity index is 2.35. The summed E-state index contributed by atoms with van der Waals surface area (Å²) >= 11 is -1.23. The molecule has 0 N–H and O–H groups in total. The predicted molar refractivity (Wildman–Crippen MR) is 80.8 cm³/mol. The fraction of sp³-hybridized carbons (Fsp3) is 0.429. The molecule has 0 fully saturated rings. The van der Waals surface area contributed by atoms with Crippen molar-refractivity contribution in [2.75, 3.05) is 0 Å². The molecule has 19 heavy (non-hydrogen) atoms. The van der Waals surface area contributed by atoms with E-state index in [1.807, 2.05) is 59.1 Å². The van der Waals surface area contributed by atoms with Crippen LogP contribution in [-0.2, 0) is 18.4 Å². The average Bonchev–Trinajstić information content (AvgIpc) is 2.66. The zero-order chi connectivity index (χ0) is 14.2. The minimum atomic E-state index is -1.23. The number of fused-ring (bicyclic) bond motifs is 1. The summed E-state index contributed by atoms with van der Waals surface area (Å²) in [6, 6.07) is 5.96. The van der Waals surface area contributed by atoms with Gasteiger partial charge in [0.1, 0.15) is 16.1 Å². The van der Waals surface area contributed by atoms with E-state index in [0.29, 0.717) is 0 Å². The van der Waals surface area contributed by atoms with Crippen LogP contribution in [0.1, 0.15) is 33.3 Å². The lowest BCUT2D eigenvalue weighted by Crippen LogP contribution is -2.26. The minimum Gasteiger partial charge on any atom is -0.591 e. The summed E-state index contributed by atoms with van der Waals surface area (Å²) in [5.41, 5.74) is 2.73. The van der Waals surface area contributed by atoms with Gasteiger partial charge in [-0.05, 0) is 39.8 Å². The molecule has 0 unspecified atom stereocenters. The van der Waals surface area contributed by atoms with E-state index in [0.717, 1.165) is 22.2 Å². The maximum atomic E-state index is 12.0. The van der Waals surface area contributed by atoms with Crippen LogP contribution in [0.3, 0.4) is 0 Å². The van der Waals surface area contributed by atoms with Crippen molar-refractivity contribution in [1.29, 1.82) is 0 Å². The summed E-state index contributed by atoms with van der Waals surface area (Å²) in [4.78, 5) is 0. The third-order valence-electron chi connectivity index (χ3n) is 2.78. The number of nitrogens with zero attached hydrogens (tertiary/aromatic N) is 3. The maximum Gasteiger partial charge on any atom is 0.144 e. The normalized spacial score (nSPS) is 14.9. The second-order valence-corrected chi connectivity index (χ2v) is 7.52. The van der Waals surface area contributed by atoms with Crippen LogP contribution in [-0.4, -0.2) is 24.8 Å². The van der Waals surface area contributed by atoms with Gasteiger partial charge in [-0.25, -0.2) is 0 Å². The van der Waals surface area contributed by atoms with Gasteiger partial charge in [0.05, 0.1) is 11.2 Å². The monoisotopic (exact) mass is 277 g/mol. The highest BCUT2D eigenvalue weighted by molar-refractivity contribution is 7.91. The van der Waals surface area contributed by atoms with E-state index in [4.69, 9.17) is 0 Å². The third-order valence-corrected chi connectivity index (χ3v) is 4.27. The number of aromatic nitrogens is 2. The van der Waals surface area contributed by atoms with Crippen LogP contribution in [0, 0.1) is 0 Å². The van der Waals surface area contributed by atoms with Crippen LogP contribution in [0.5, 0.6) is 0 Å². The fourth-order valence-electron chi connectivity index (χ4n) is 1.69. The number of hydrogen-bond donors (Lipinski definition) is 0. The van der Waals surface area contributed by atoms with Gasteiger partial charge in [0.25, 0.3) is 0 Å². The number of hydrogen-bond acceptors (Lipinski definition) is 3. The van der Waals surface area contributed by atoms with Crippen LogP contribution in [0.4, 0.5) is 0 Å². The molecule has 1 aromatic carbocycles. The van der Waals surface area contributed by atoms with E-state index in [9.17, 15) is 4.55 Å². The lowest BCUT2D eigenvalue weighted by molar-refractivity contribution is 0.561. The van der Waals surface area contributed by atoms with Crippen molar-refractivity contribution in [2.45, 2.75) is 32.4 Å². The molecule has 1 atom stereocenters. The maximum absolute atomic E-state index is 12.0. The Morgan fingerprint density at radius 1 is 1.37 bits per heavy atom. The lowest BCUT2D eigenvalue weighted by atomic mass is 10.1. The molecular formula is C14H19N3OS. The SMILES string of the molecule is C/C(=N\[S@@+]([O-])C(C)(C)C)c1ccc2nn(C)cc2c1. The first kappa shape index (κ1) is 14.1. The van der Waals surface area contributed by atoms with E-state index in [-0.39, 0.29) is 4.75 Å². The summed E-state index contributed by atoms with van der Waals surface area (Å²) in [7, 11) is 1.90. The van der Waals surface area contributed by atoms with Gasteiger partial charge in [-0.2, -0.15) is 5.10 Å². The Morgan fingerprint density at radius 2 is 2.05 bits per heavy atom. The van der Waals surface area contributed by atoms with Gasteiger partial charge in [-0.1, -0.05) is 10.5 Å². The second kappa shape index (κ2) is 4.98. The summed E-state index contributed by atoms with van der Waals surface area (Å²) in [6.07, 6.45) is 1.97. The smallest absolute Gasteiger partial charge is 0.144 e. The van der Waals surface area contributed by atoms with Crippen molar-refractivity contribution >= 4 is 28.0 Å². The quantitative estimate of drug-likeness (QED) is 0.626. The van der Waals surface area contributed by atoms with Crippen molar-refractivity contribution in [1.82, 2.24) is 9.78 Å². The van der Waals surface area contributed by atoms with Gasteiger partial charge in [0, 0.05) is 24.2 Å². The molecule has 0 aliphatic carbocycles. The summed E-state index contributed by atoms with van der Waals surface area (Å²) in [6.45, 7) is 7.65. The van der Waals surface area contributed by atoms with Crippen molar-refractivity contribution < 1.29 is 4.55 Å². The van der Waals surface area contributed by atoms with Crippen molar-refractivity contribution in [3.63, 3.8) is 0 Å². The highest BCUT2D eigenvalue weighted by Gasteiger charge is 2.26. The average molecular weight is 277 g/mol. The van der Waals surface area contributed by atoms with Crippen LogP contribution < -0.4 is 0 Å². The zero-order valence-electron chi connectivity index (χ0n) is 12.0. The molecule has 0 aliphatic rings. The topological polar surface area (TPSA) is 53.2 Å².